The number of nitrogens with one attached hydrogen (secondary N) is 1. The molecule has 32 heavy (non-hydrogen) atoms. The molecule has 0 amide bonds. The minimum Gasteiger partial charge on any atom is -0.507 e. The van der Waals surface area contributed by atoms with Crippen molar-refractivity contribution in [3.05, 3.63) is 48.2 Å². The number of phenolic OH excluding ortho intramolecular Hbond substituents is 1. The second-order valence-electron chi connectivity index (χ2n) is 8.35. The van der Waals surface area contributed by atoms with Gasteiger partial charge < -0.3 is 19.3 Å². The second kappa shape index (κ2) is 9.63. The number of nitrogens with zero attached hydrogens (tertiary/aromatic N) is 2. The molecule has 2 heterocycles. The fourth-order valence-corrected chi connectivity index (χ4v) is 4.30. The molecule has 7 nitrogen and oxygen atoms in total. The first kappa shape index (κ1) is 22.2. The van der Waals surface area contributed by atoms with E-state index in [9.17, 15) is 5.11 Å². The van der Waals surface area contributed by atoms with Crippen LogP contribution < -0.4 is 9.47 Å². The third kappa shape index (κ3) is 4.89. The molecule has 3 aromatic rings. The molecule has 0 aliphatic carbocycles. The summed E-state index contributed by atoms with van der Waals surface area (Å²) < 4.78 is 16.9. The van der Waals surface area contributed by atoms with E-state index in [2.05, 4.69) is 28.9 Å². The molecule has 170 valence electrons. The molecule has 0 unspecified atom stereocenters. The molecule has 0 saturated carbocycles. The van der Waals surface area contributed by atoms with Crippen molar-refractivity contribution in [2.24, 2.45) is 0 Å². The number of benzene rings is 2. The van der Waals surface area contributed by atoms with Crippen LogP contribution in [-0.2, 0) is 4.74 Å². The van der Waals surface area contributed by atoms with E-state index in [4.69, 9.17) is 14.2 Å². The van der Waals surface area contributed by atoms with Gasteiger partial charge in [-0.15, -0.1) is 0 Å². The number of aromatic nitrogens is 2. The average Bonchev–Trinajstić information content (AvgIpc) is 3.14. The number of hydrogen-bond acceptors (Lipinski definition) is 6. The van der Waals surface area contributed by atoms with Crippen LogP contribution in [0.1, 0.15) is 19.5 Å². The normalized spacial score (nSPS) is 19.1. The number of aromatic hydroxyl groups is 1. The fraction of sp³-hybridized carbons (Fsp3) is 0.400. The molecule has 1 aromatic heterocycles. The minimum absolute atomic E-state index is 0.136. The minimum atomic E-state index is 0.136. The monoisotopic (exact) mass is 437 g/mol. The van der Waals surface area contributed by atoms with Crippen molar-refractivity contribution in [1.82, 2.24) is 15.1 Å². The molecule has 1 aliphatic rings. The Bertz CT molecular complexity index is 1040. The summed E-state index contributed by atoms with van der Waals surface area (Å²) in [6.07, 6.45) is 0.471. The Kier molecular flexibility index (Phi) is 6.67. The average molecular weight is 438 g/mol. The molecule has 7 heteroatoms. The molecule has 0 bridgehead atoms. The Hall–Kier alpha value is -3.03. The zero-order chi connectivity index (χ0) is 22.7. The second-order valence-corrected chi connectivity index (χ2v) is 8.35. The van der Waals surface area contributed by atoms with Gasteiger partial charge in [-0.1, -0.05) is 12.1 Å². The Morgan fingerprint density at radius 2 is 1.78 bits per heavy atom. The molecule has 1 fully saturated rings. The Labute approximate surface area is 188 Å². The largest absolute Gasteiger partial charge is 0.507 e. The van der Waals surface area contributed by atoms with Crippen molar-refractivity contribution in [3.63, 3.8) is 0 Å². The first-order valence-corrected chi connectivity index (χ1v) is 11.0. The lowest BCUT2D eigenvalue weighted by atomic mass is 9.98. The quantitative estimate of drug-likeness (QED) is 0.575. The summed E-state index contributed by atoms with van der Waals surface area (Å²) in [5.74, 6) is 1.57. The van der Waals surface area contributed by atoms with Crippen LogP contribution >= 0.6 is 0 Å². The molecule has 4 rings (SSSR count). The lowest BCUT2D eigenvalue weighted by Gasteiger charge is -2.35. The van der Waals surface area contributed by atoms with Gasteiger partial charge in [0.2, 0.25) is 0 Å². The van der Waals surface area contributed by atoms with Gasteiger partial charge in [-0.05, 0) is 50.6 Å². The van der Waals surface area contributed by atoms with E-state index in [1.807, 2.05) is 43.3 Å². The van der Waals surface area contributed by atoms with Gasteiger partial charge >= 0.3 is 0 Å². The van der Waals surface area contributed by atoms with Gasteiger partial charge in [0, 0.05) is 42.5 Å². The summed E-state index contributed by atoms with van der Waals surface area (Å²) in [4.78, 5) is 2.35. The van der Waals surface area contributed by atoms with Crippen molar-refractivity contribution in [2.45, 2.75) is 33.0 Å². The predicted molar refractivity (Wildman–Crippen MR) is 124 cm³/mol. The highest BCUT2D eigenvalue weighted by Gasteiger charge is 2.22. The van der Waals surface area contributed by atoms with Gasteiger partial charge in [0.15, 0.2) is 0 Å². The van der Waals surface area contributed by atoms with E-state index in [0.29, 0.717) is 23.6 Å². The predicted octanol–water partition coefficient (Wildman–Crippen LogP) is 4.25. The van der Waals surface area contributed by atoms with Gasteiger partial charge in [-0.2, -0.15) is 5.10 Å². The van der Waals surface area contributed by atoms with Crippen molar-refractivity contribution in [3.8, 4) is 39.6 Å². The molecule has 1 saturated heterocycles. The summed E-state index contributed by atoms with van der Waals surface area (Å²) in [6.45, 7) is 9.35. The Morgan fingerprint density at radius 1 is 1.09 bits per heavy atom. The maximum Gasteiger partial charge on any atom is 0.128 e. The highest BCUT2D eigenvalue weighted by atomic mass is 16.5. The van der Waals surface area contributed by atoms with E-state index in [1.54, 1.807) is 13.2 Å². The third-order valence-electron chi connectivity index (χ3n) is 5.72. The summed E-state index contributed by atoms with van der Waals surface area (Å²) in [5, 5.41) is 18.2. The molecule has 1 aliphatic heterocycles. The summed E-state index contributed by atoms with van der Waals surface area (Å²) >= 11 is 0. The van der Waals surface area contributed by atoms with E-state index in [-0.39, 0.29) is 18.0 Å². The molecular weight excluding hydrogens is 406 g/mol. The first-order chi connectivity index (χ1) is 15.4. The van der Waals surface area contributed by atoms with E-state index in [1.165, 1.54) is 0 Å². The molecular formula is C25H31N3O4. The topological polar surface area (TPSA) is 79.8 Å². The zero-order valence-electron chi connectivity index (χ0n) is 19.1. The number of aryl methyl sites for hydroxylation is 1. The number of methoxy groups -OCH3 is 1. The molecule has 0 spiro atoms. The van der Waals surface area contributed by atoms with Gasteiger partial charge in [0.05, 0.1) is 19.3 Å². The highest BCUT2D eigenvalue weighted by Crippen LogP contribution is 2.39. The smallest absolute Gasteiger partial charge is 0.128 e. The van der Waals surface area contributed by atoms with Crippen molar-refractivity contribution in [1.29, 1.82) is 0 Å². The standard InChI is InChI=1S/C25H31N3O4/c1-16-14-28(15-17(2)32-16)11-12-31-21-9-10-22(23(29)13-21)25-24(18(3)26-27-25)19-5-7-20(30-4)8-6-19/h5-10,13,16-17,29H,11-12,14-15H2,1-4H3,(H,26,27)/t16-,17-/m0/s1. The number of phenols is 1. The van der Waals surface area contributed by atoms with E-state index >= 15 is 0 Å². The van der Waals surface area contributed by atoms with Gasteiger partial charge in [-0.25, -0.2) is 0 Å². The Morgan fingerprint density at radius 3 is 2.44 bits per heavy atom. The molecule has 2 atom stereocenters. The van der Waals surface area contributed by atoms with E-state index in [0.717, 1.165) is 42.2 Å². The number of rotatable bonds is 7. The van der Waals surface area contributed by atoms with Crippen molar-refractivity contribution < 1.29 is 19.3 Å². The summed E-state index contributed by atoms with van der Waals surface area (Å²) in [6, 6.07) is 13.2. The van der Waals surface area contributed by atoms with Crippen LogP contribution in [0.2, 0.25) is 0 Å². The number of morpholine rings is 1. The maximum atomic E-state index is 10.7. The lowest BCUT2D eigenvalue weighted by Crippen LogP contribution is -2.46. The number of ether oxygens (including phenoxy) is 3. The van der Waals surface area contributed by atoms with Gasteiger partial charge in [0.25, 0.3) is 0 Å². The first-order valence-electron chi connectivity index (χ1n) is 11.0. The molecule has 2 aromatic carbocycles. The number of H-pyrrole nitrogens is 1. The van der Waals surface area contributed by atoms with Crippen molar-refractivity contribution in [2.75, 3.05) is 33.4 Å². The molecule has 2 N–H and O–H groups in total. The zero-order valence-corrected chi connectivity index (χ0v) is 19.1. The van der Waals surface area contributed by atoms with Crippen LogP contribution in [0.25, 0.3) is 22.4 Å². The van der Waals surface area contributed by atoms with Gasteiger partial charge in [0.1, 0.15) is 29.5 Å². The van der Waals surface area contributed by atoms with Crippen molar-refractivity contribution >= 4 is 0 Å². The SMILES string of the molecule is COc1ccc(-c2c(-c3ccc(OCCN4C[C@H](C)O[C@@H](C)C4)cc3O)n[nH]c2C)cc1. The third-order valence-corrected chi connectivity index (χ3v) is 5.72. The van der Waals surface area contributed by atoms with E-state index < -0.39 is 0 Å². The van der Waals surface area contributed by atoms with Crippen LogP contribution in [-0.4, -0.2) is 65.8 Å². The molecule has 0 radical (unpaired) electrons. The number of hydrogen-bond donors (Lipinski definition) is 2. The number of aromatic amines is 1. The lowest BCUT2D eigenvalue weighted by molar-refractivity contribution is -0.0699. The van der Waals surface area contributed by atoms with Crippen LogP contribution in [0.3, 0.4) is 0 Å². The summed E-state index contributed by atoms with van der Waals surface area (Å²) in [5.41, 5.74) is 4.24. The van der Waals surface area contributed by atoms with Crippen LogP contribution in [0.15, 0.2) is 42.5 Å². The maximum absolute atomic E-state index is 10.7. The van der Waals surface area contributed by atoms with Crippen LogP contribution in [0.5, 0.6) is 17.2 Å². The Balaban J connectivity index is 1.47. The highest BCUT2D eigenvalue weighted by molar-refractivity contribution is 5.85. The van der Waals surface area contributed by atoms with Crippen LogP contribution in [0.4, 0.5) is 0 Å². The fourth-order valence-electron chi connectivity index (χ4n) is 4.30. The van der Waals surface area contributed by atoms with Crippen LogP contribution in [0, 0.1) is 6.92 Å². The summed E-state index contributed by atoms with van der Waals surface area (Å²) in [7, 11) is 1.65. The van der Waals surface area contributed by atoms with Gasteiger partial charge in [-0.3, -0.25) is 10.00 Å².